The molecule has 0 aromatic heterocycles. The van der Waals surface area contributed by atoms with E-state index in [1.807, 2.05) is 6.92 Å². The fourth-order valence-electron chi connectivity index (χ4n) is 1.01. The number of nitrogens with zero attached hydrogens (tertiary/aromatic N) is 1. The summed E-state index contributed by atoms with van der Waals surface area (Å²) < 4.78 is 27.2. The summed E-state index contributed by atoms with van der Waals surface area (Å²) >= 11 is 0. The molecule has 0 aliphatic carbocycles. The molecule has 1 aromatic carbocycles. The van der Waals surface area contributed by atoms with Gasteiger partial charge in [0.15, 0.2) is 0 Å². The zero-order chi connectivity index (χ0) is 12.3. The van der Waals surface area contributed by atoms with Crippen molar-refractivity contribution in [1.29, 1.82) is 0 Å². The van der Waals surface area contributed by atoms with E-state index in [0.29, 0.717) is 0 Å². The van der Waals surface area contributed by atoms with Crippen LogP contribution in [0.5, 0.6) is 0 Å². The fourth-order valence-corrected chi connectivity index (χ4v) is 2.08. The summed E-state index contributed by atoms with van der Waals surface area (Å²) in [6.45, 7) is 5.48. The van der Waals surface area contributed by atoms with Crippen LogP contribution in [0.1, 0.15) is 19.4 Å². The van der Waals surface area contributed by atoms with Crippen LogP contribution in [0.25, 0.3) is 0 Å². The summed E-state index contributed by atoms with van der Waals surface area (Å²) in [7, 11) is -3.66. The van der Waals surface area contributed by atoms with Crippen molar-refractivity contribution in [2.75, 3.05) is 0 Å². The number of rotatable bonds is 3. The van der Waals surface area contributed by atoms with E-state index in [0.717, 1.165) is 5.56 Å². The Balaban J connectivity index is 3.13. The molecule has 88 valence electrons. The average molecular weight is 240 g/mol. The van der Waals surface area contributed by atoms with Gasteiger partial charge in [-0.1, -0.05) is 31.5 Å². The summed E-state index contributed by atoms with van der Waals surface area (Å²) in [5.41, 5.74) is 6.54. The molecule has 0 saturated carbocycles. The fraction of sp³-hybridized carbons (Fsp3) is 0.364. The lowest BCUT2D eigenvalue weighted by Crippen LogP contribution is -2.20. The second kappa shape index (κ2) is 4.65. The molecule has 16 heavy (non-hydrogen) atoms. The van der Waals surface area contributed by atoms with Crippen molar-refractivity contribution in [2.24, 2.45) is 16.0 Å². The minimum atomic E-state index is -3.66. The standard InChI is InChI=1S/C11H16N2O2S/c1-8(2)11(12)13-16(14,15)10-6-4-9(3)5-7-10/h4-8H,1-3H3,(H2,12,13). The highest BCUT2D eigenvalue weighted by Crippen LogP contribution is 2.13. The van der Waals surface area contributed by atoms with Crippen molar-refractivity contribution in [2.45, 2.75) is 25.7 Å². The molecule has 1 aromatic rings. The maximum atomic E-state index is 11.8. The van der Waals surface area contributed by atoms with Crippen molar-refractivity contribution >= 4 is 15.9 Å². The average Bonchev–Trinajstić information content (AvgIpc) is 2.17. The Hall–Kier alpha value is -1.36. The SMILES string of the molecule is Cc1ccc(S(=O)(=O)N=C(N)C(C)C)cc1. The summed E-state index contributed by atoms with van der Waals surface area (Å²) in [6.07, 6.45) is 0. The van der Waals surface area contributed by atoms with Gasteiger partial charge in [0.25, 0.3) is 10.0 Å². The van der Waals surface area contributed by atoms with Gasteiger partial charge >= 0.3 is 0 Å². The van der Waals surface area contributed by atoms with Crippen LogP contribution in [0.4, 0.5) is 0 Å². The predicted molar refractivity (Wildman–Crippen MR) is 64.8 cm³/mol. The van der Waals surface area contributed by atoms with E-state index in [1.165, 1.54) is 12.1 Å². The lowest BCUT2D eigenvalue weighted by Gasteiger charge is -2.04. The molecule has 0 amide bonds. The molecular formula is C11H16N2O2S. The van der Waals surface area contributed by atoms with E-state index < -0.39 is 10.0 Å². The molecule has 1 rings (SSSR count). The first-order chi connectivity index (χ1) is 7.33. The molecule has 0 spiro atoms. The summed E-state index contributed by atoms with van der Waals surface area (Å²) in [5, 5.41) is 0. The van der Waals surface area contributed by atoms with E-state index in [9.17, 15) is 8.42 Å². The maximum Gasteiger partial charge on any atom is 0.283 e. The Bertz CT molecular complexity index is 487. The predicted octanol–water partition coefficient (Wildman–Crippen LogP) is 1.70. The Morgan fingerprint density at radius 3 is 2.19 bits per heavy atom. The number of benzene rings is 1. The number of aryl methyl sites for hydroxylation is 1. The molecule has 0 radical (unpaired) electrons. The quantitative estimate of drug-likeness (QED) is 0.645. The van der Waals surface area contributed by atoms with E-state index in [-0.39, 0.29) is 16.6 Å². The first-order valence-corrected chi connectivity index (χ1v) is 6.44. The third-order valence-electron chi connectivity index (χ3n) is 2.14. The summed E-state index contributed by atoms with van der Waals surface area (Å²) in [5.74, 6) is 0.0424. The molecule has 0 unspecified atom stereocenters. The topological polar surface area (TPSA) is 72.5 Å². The molecule has 0 atom stereocenters. The zero-order valence-electron chi connectivity index (χ0n) is 9.64. The van der Waals surface area contributed by atoms with E-state index >= 15 is 0 Å². The smallest absolute Gasteiger partial charge is 0.283 e. The number of hydrogen-bond acceptors (Lipinski definition) is 2. The van der Waals surface area contributed by atoms with Gasteiger partial charge in [0.1, 0.15) is 5.84 Å². The second-order valence-corrected chi connectivity index (χ2v) is 5.56. The Morgan fingerprint density at radius 2 is 1.75 bits per heavy atom. The van der Waals surface area contributed by atoms with Gasteiger partial charge in [0.2, 0.25) is 0 Å². The van der Waals surface area contributed by atoms with Crippen LogP contribution < -0.4 is 5.73 Å². The lowest BCUT2D eigenvalue weighted by molar-refractivity contribution is 0.597. The van der Waals surface area contributed by atoms with Gasteiger partial charge < -0.3 is 5.73 Å². The molecule has 0 heterocycles. The van der Waals surface area contributed by atoms with Crippen molar-refractivity contribution in [3.63, 3.8) is 0 Å². The Labute approximate surface area is 96.3 Å². The molecule has 4 nitrogen and oxygen atoms in total. The molecule has 5 heteroatoms. The highest BCUT2D eigenvalue weighted by Gasteiger charge is 2.13. The number of amidine groups is 1. The summed E-state index contributed by atoms with van der Waals surface area (Å²) in [6, 6.07) is 6.52. The van der Waals surface area contributed by atoms with Gasteiger partial charge in [-0.05, 0) is 19.1 Å². The molecule has 0 fully saturated rings. The van der Waals surface area contributed by atoms with Crippen molar-refractivity contribution in [3.05, 3.63) is 29.8 Å². The second-order valence-electron chi connectivity index (χ2n) is 3.96. The van der Waals surface area contributed by atoms with Crippen LogP contribution in [0, 0.1) is 12.8 Å². The van der Waals surface area contributed by atoms with E-state index in [4.69, 9.17) is 5.73 Å². The van der Waals surface area contributed by atoms with Crippen LogP contribution in [0.15, 0.2) is 33.6 Å². The van der Waals surface area contributed by atoms with Crippen molar-refractivity contribution in [1.82, 2.24) is 0 Å². The minimum Gasteiger partial charge on any atom is -0.386 e. The third-order valence-corrected chi connectivity index (χ3v) is 3.46. The van der Waals surface area contributed by atoms with Crippen LogP contribution >= 0.6 is 0 Å². The normalized spacial score (nSPS) is 13.1. The number of hydrogen-bond donors (Lipinski definition) is 1. The monoisotopic (exact) mass is 240 g/mol. The van der Waals surface area contributed by atoms with Gasteiger partial charge in [-0.25, -0.2) is 0 Å². The number of sulfonamides is 1. The highest BCUT2D eigenvalue weighted by molar-refractivity contribution is 7.90. The van der Waals surface area contributed by atoms with Crippen LogP contribution in [-0.2, 0) is 10.0 Å². The van der Waals surface area contributed by atoms with E-state index in [2.05, 4.69) is 4.40 Å². The molecule has 0 bridgehead atoms. The van der Waals surface area contributed by atoms with Gasteiger partial charge in [-0.15, -0.1) is 4.40 Å². The van der Waals surface area contributed by atoms with Crippen LogP contribution in [-0.4, -0.2) is 14.3 Å². The first kappa shape index (κ1) is 12.7. The van der Waals surface area contributed by atoms with Crippen molar-refractivity contribution in [3.8, 4) is 0 Å². The summed E-state index contributed by atoms with van der Waals surface area (Å²) in [4.78, 5) is 0.168. The van der Waals surface area contributed by atoms with Gasteiger partial charge in [0.05, 0.1) is 4.90 Å². The molecule has 0 aliphatic heterocycles. The molecule has 0 aliphatic rings. The minimum absolute atomic E-state index is 0.0831. The zero-order valence-corrected chi connectivity index (χ0v) is 10.5. The molecule has 0 saturated heterocycles. The van der Waals surface area contributed by atoms with Crippen LogP contribution in [0.2, 0.25) is 0 Å². The Morgan fingerprint density at radius 1 is 1.25 bits per heavy atom. The maximum absolute atomic E-state index is 11.8. The highest BCUT2D eigenvalue weighted by atomic mass is 32.2. The van der Waals surface area contributed by atoms with Gasteiger partial charge in [0, 0.05) is 5.92 Å². The van der Waals surface area contributed by atoms with Crippen molar-refractivity contribution < 1.29 is 8.42 Å². The lowest BCUT2D eigenvalue weighted by atomic mass is 10.2. The molecule has 2 N–H and O–H groups in total. The van der Waals surface area contributed by atoms with Gasteiger partial charge in [-0.2, -0.15) is 8.42 Å². The number of nitrogens with two attached hydrogens (primary N) is 1. The van der Waals surface area contributed by atoms with Gasteiger partial charge in [-0.3, -0.25) is 0 Å². The first-order valence-electron chi connectivity index (χ1n) is 5.00. The third kappa shape index (κ3) is 3.06. The molecular weight excluding hydrogens is 224 g/mol. The van der Waals surface area contributed by atoms with E-state index in [1.54, 1.807) is 26.0 Å². The van der Waals surface area contributed by atoms with Crippen LogP contribution in [0.3, 0.4) is 0 Å². The Kier molecular flexibility index (Phi) is 3.70. The largest absolute Gasteiger partial charge is 0.386 e.